The predicted octanol–water partition coefficient (Wildman–Crippen LogP) is -3.73. The van der Waals surface area contributed by atoms with Gasteiger partial charge in [-0.15, -0.1) is 0 Å². The Kier molecular flexibility index (Phi) is 5.85. The molecule has 12 radical (unpaired) electrons. The van der Waals surface area contributed by atoms with Crippen LogP contribution < -0.4 is 0 Å². The van der Waals surface area contributed by atoms with Crippen molar-refractivity contribution in [3.05, 3.63) is 0 Å². The van der Waals surface area contributed by atoms with Gasteiger partial charge in [-0.25, -0.2) is 0 Å². The Balaban J connectivity index is 1.69. The fourth-order valence-corrected chi connectivity index (χ4v) is 13.0. The standard InChI is InChI=1S/O10Si8/c1-11-3-15-7-16(4-12-1)10-18-6-14-2-13-5-17(8-18)9-15. The minimum absolute atomic E-state index is 0.206. The van der Waals surface area contributed by atoms with E-state index >= 15 is 0 Å². The molecule has 3 saturated heterocycles. The van der Waals surface area contributed by atoms with Crippen LogP contribution in [0.25, 0.3) is 0 Å². The Morgan fingerprint density at radius 2 is 0.722 bits per heavy atom. The number of hydrogen-bond donors (Lipinski definition) is 0. The van der Waals surface area contributed by atoms with E-state index in [-0.39, 0.29) is 40.0 Å². The molecule has 4 bridgehead atoms. The summed E-state index contributed by atoms with van der Waals surface area (Å²) in [4.78, 5) is 0. The third kappa shape index (κ3) is 4.16. The van der Waals surface area contributed by atoms with E-state index in [1.807, 2.05) is 0 Å². The fourth-order valence-electron chi connectivity index (χ4n) is 0.776. The van der Waals surface area contributed by atoms with Crippen LogP contribution >= 0.6 is 0 Å². The van der Waals surface area contributed by atoms with Gasteiger partial charge in [0.1, 0.15) is 0 Å². The van der Waals surface area contributed by atoms with Crippen LogP contribution in [0.2, 0.25) is 0 Å². The van der Waals surface area contributed by atoms with Gasteiger partial charge in [0.15, 0.2) is 0 Å². The molecule has 0 aromatic rings. The molecule has 0 spiro atoms. The summed E-state index contributed by atoms with van der Waals surface area (Å²) < 4.78 is 53.3. The highest BCUT2D eigenvalue weighted by Crippen LogP contribution is 2.12. The fraction of sp³-hybridized carbons (Fsp3) is 0. The van der Waals surface area contributed by atoms with E-state index in [2.05, 4.69) is 0 Å². The van der Waals surface area contributed by atoms with Crippen LogP contribution in [0.3, 0.4) is 0 Å². The normalized spacial score (nSPS) is 30.7. The number of hydrogen-bond acceptors (Lipinski definition) is 10. The van der Waals surface area contributed by atoms with E-state index in [1.54, 1.807) is 0 Å². The molecule has 0 N–H and O–H groups in total. The Morgan fingerprint density at radius 3 is 1.00 bits per heavy atom. The maximum absolute atomic E-state index is 5.49. The Morgan fingerprint density at radius 1 is 0.444 bits per heavy atom. The summed E-state index contributed by atoms with van der Waals surface area (Å²) in [5, 5.41) is 0. The Labute approximate surface area is 119 Å². The van der Waals surface area contributed by atoms with Crippen LogP contribution in [0.5, 0.6) is 0 Å². The molecule has 3 aliphatic heterocycles. The van der Waals surface area contributed by atoms with Crippen molar-refractivity contribution in [2.75, 3.05) is 0 Å². The first-order chi connectivity index (χ1) is 8.90. The summed E-state index contributed by atoms with van der Waals surface area (Å²) in [7, 11) is -9.03. The molecule has 0 aromatic heterocycles. The monoisotopic (exact) mass is 384 g/mol. The van der Waals surface area contributed by atoms with Gasteiger partial charge in [-0.1, -0.05) is 0 Å². The van der Waals surface area contributed by atoms with E-state index in [9.17, 15) is 0 Å². The molecule has 18 heteroatoms. The lowest BCUT2D eigenvalue weighted by molar-refractivity contribution is 0.127. The van der Waals surface area contributed by atoms with Crippen molar-refractivity contribution in [1.29, 1.82) is 0 Å². The molecule has 3 aliphatic rings. The highest BCUT2D eigenvalue weighted by molar-refractivity contribution is 6.73. The van der Waals surface area contributed by atoms with Crippen molar-refractivity contribution in [2.24, 2.45) is 0 Å². The van der Waals surface area contributed by atoms with Crippen LogP contribution in [0.1, 0.15) is 0 Å². The molecule has 0 aromatic carbocycles. The summed E-state index contributed by atoms with van der Waals surface area (Å²) >= 11 is 0. The van der Waals surface area contributed by atoms with Crippen molar-refractivity contribution < 1.29 is 41.2 Å². The molecular formula is O10Si8. The number of rotatable bonds is 0. The van der Waals surface area contributed by atoms with Gasteiger partial charge in [0.25, 0.3) is 0 Å². The minimum Gasteiger partial charge on any atom is -0.412 e. The molecular weight excluding hydrogens is 385 g/mol. The van der Waals surface area contributed by atoms with Gasteiger partial charge < -0.3 is 41.2 Å². The maximum atomic E-state index is 5.49. The first-order valence-electron chi connectivity index (χ1n) is 4.08. The Hall–Kier alpha value is 1.34. The highest BCUT2D eigenvalue weighted by atomic mass is 28.5. The lowest BCUT2D eigenvalue weighted by Crippen LogP contribution is -2.56. The van der Waals surface area contributed by atoms with Gasteiger partial charge in [0.2, 0.25) is 0 Å². The molecule has 0 atom stereocenters. The molecule has 0 amide bonds. The Bertz CT molecular complexity index is 216. The van der Waals surface area contributed by atoms with Crippen molar-refractivity contribution in [3.8, 4) is 0 Å². The topological polar surface area (TPSA) is 92.3 Å². The van der Waals surface area contributed by atoms with Gasteiger partial charge in [0.05, 0.1) is 0 Å². The zero-order valence-corrected chi connectivity index (χ0v) is 16.1. The van der Waals surface area contributed by atoms with Crippen LogP contribution in [0, 0.1) is 0 Å². The minimum atomic E-state index is -2.05. The zero-order chi connectivity index (χ0) is 12.2. The van der Waals surface area contributed by atoms with Crippen molar-refractivity contribution in [1.82, 2.24) is 0 Å². The second kappa shape index (κ2) is 7.37. The van der Waals surface area contributed by atoms with E-state index in [1.165, 1.54) is 0 Å². The van der Waals surface area contributed by atoms with E-state index in [0.29, 0.717) is 0 Å². The quantitative estimate of drug-likeness (QED) is 0.388. The average Bonchev–Trinajstić information content (AvgIpc) is 2.24. The zero-order valence-electron chi connectivity index (χ0n) is 8.08. The van der Waals surface area contributed by atoms with Gasteiger partial charge >= 0.3 is 78.1 Å². The highest BCUT2D eigenvalue weighted by Gasteiger charge is 2.46. The second-order valence-corrected chi connectivity index (χ2v) is 13.2. The molecule has 3 heterocycles. The smallest absolute Gasteiger partial charge is 0.412 e. The largest absolute Gasteiger partial charge is 0.551 e. The molecule has 3 fully saturated rings. The van der Waals surface area contributed by atoms with Crippen molar-refractivity contribution in [2.45, 2.75) is 0 Å². The molecule has 92 valence electrons. The molecule has 3 rings (SSSR count). The molecule has 10 nitrogen and oxygen atoms in total. The maximum Gasteiger partial charge on any atom is 0.551 e. The van der Waals surface area contributed by atoms with Gasteiger partial charge in [0, 0.05) is 0 Å². The molecule has 0 unspecified atom stereocenters. The van der Waals surface area contributed by atoms with Crippen LogP contribution in [0.4, 0.5) is 0 Å². The summed E-state index contributed by atoms with van der Waals surface area (Å²) in [6, 6.07) is 0. The van der Waals surface area contributed by atoms with Crippen LogP contribution in [-0.4, -0.2) is 78.1 Å². The van der Waals surface area contributed by atoms with E-state index < -0.39 is 38.1 Å². The molecule has 0 aliphatic carbocycles. The van der Waals surface area contributed by atoms with E-state index in [0.717, 1.165) is 0 Å². The predicted molar refractivity (Wildman–Crippen MR) is 56.9 cm³/mol. The second-order valence-electron chi connectivity index (χ2n) is 2.35. The van der Waals surface area contributed by atoms with Gasteiger partial charge in [-0.05, 0) is 0 Å². The third-order valence-electron chi connectivity index (χ3n) is 1.33. The lowest BCUT2D eigenvalue weighted by atomic mass is 15.6. The van der Waals surface area contributed by atoms with Gasteiger partial charge in [-0.2, -0.15) is 0 Å². The summed E-state index contributed by atoms with van der Waals surface area (Å²) in [5.74, 6) is 0. The van der Waals surface area contributed by atoms with Crippen LogP contribution in [0.15, 0.2) is 0 Å². The van der Waals surface area contributed by atoms with Crippen molar-refractivity contribution >= 4 is 78.1 Å². The first-order valence-corrected chi connectivity index (χ1v) is 12.2. The molecule has 0 saturated carbocycles. The van der Waals surface area contributed by atoms with Crippen molar-refractivity contribution in [3.63, 3.8) is 0 Å². The molecule has 18 heavy (non-hydrogen) atoms. The van der Waals surface area contributed by atoms with Crippen LogP contribution in [-0.2, 0) is 41.2 Å². The van der Waals surface area contributed by atoms with E-state index in [4.69, 9.17) is 41.2 Å². The SMILES string of the molecule is O1[Si]O[Si]2O[Si@](O[Si]1)O[Si@]1O[Si]O[Si]O[Si@@](O2)O1. The summed E-state index contributed by atoms with van der Waals surface area (Å²) in [6.07, 6.45) is 0. The third-order valence-corrected chi connectivity index (χ3v) is 12.0. The summed E-state index contributed by atoms with van der Waals surface area (Å²) in [6.45, 7) is 0. The first kappa shape index (κ1) is 14.3. The number of fused-ring (bicyclic) bond motifs is 4. The lowest BCUT2D eigenvalue weighted by Gasteiger charge is -2.29. The summed E-state index contributed by atoms with van der Waals surface area (Å²) in [5.41, 5.74) is 0. The van der Waals surface area contributed by atoms with Gasteiger partial charge in [-0.3, -0.25) is 0 Å². The average molecular weight is 385 g/mol.